The van der Waals surface area contributed by atoms with Crippen molar-refractivity contribution >= 4 is 22.9 Å². The zero-order chi connectivity index (χ0) is 18.8. The molecule has 4 rings (SSSR count). The Hall–Kier alpha value is -2.66. The Balaban J connectivity index is 1.43. The summed E-state index contributed by atoms with van der Waals surface area (Å²) in [5.41, 5.74) is 12.3. The Morgan fingerprint density at radius 1 is 1.26 bits per heavy atom. The van der Waals surface area contributed by atoms with Crippen molar-refractivity contribution in [2.45, 2.75) is 38.6 Å². The number of thiazole rings is 1. The van der Waals surface area contributed by atoms with E-state index in [2.05, 4.69) is 41.5 Å². The first-order valence-electron chi connectivity index (χ1n) is 9.27. The second kappa shape index (κ2) is 7.53. The van der Waals surface area contributed by atoms with Crippen LogP contribution >= 0.6 is 11.3 Å². The van der Waals surface area contributed by atoms with E-state index in [0.717, 1.165) is 41.2 Å². The number of anilines is 1. The molecule has 1 aliphatic rings. The number of nitrogen functional groups attached to an aromatic ring is 1. The summed E-state index contributed by atoms with van der Waals surface area (Å²) >= 11 is 1.58. The van der Waals surface area contributed by atoms with Gasteiger partial charge in [-0.15, -0.1) is 11.3 Å². The average molecular weight is 378 g/mol. The van der Waals surface area contributed by atoms with Gasteiger partial charge in [0.25, 0.3) is 0 Å². The van der Waals surface area contributed by atoms with Gasteiger partial charge in [-0.1, -0.05) is 35.9 Å². The minimum atomic E-state index is 0.0189. The molecule has 0 saturated carbocycles. The summed E-state index contributed by atoms with van der Waals surface area (Å²) in [6.07, 6.45) is 3.37. The maximum absolute atomic E-state index is 12.6. The first-order valence-corrected chi connectivity index (χ1v) is 10.2. The van der Waals surface area contributed by atoms with Crippen LogP contribution in [0.25, 0.3) is 10.6 Å². The van der Waals surface area contributed by atoms with E-state index in [9.17, 15) is 4.79 Å². The number of hydrogen-bond acceptors (Lipinski definition) is 4. The monoisotopic (exact) mass is 377 g/mol. The molecular formula is C22H23N3OS. The maximum Gasteiger partial charge on any atom is 0.226 e. The molecule has 0 radical (unpaired) electrons. The van der Waals surface area contributed by atoms with Gasteiger partial charge in [-0.05, 0) is 49.4 Å². The fourth-order valence-corrected chi connectivity index (χ4v) is 4.44. The highest BCUT2D eigenvalue weighted by Crippen LogP contribution is 2.31. The predicted molar refractivity (Wildman–Crippen MR) is 111 cm³/mol. The van der Waals surface area contributed by atoms with Crippen molar-refractivity contribution in [3.63, 3.8) is 0 Å². The lowest BCUT2D eigenvalue weighted by molar-refractivity contribution is -0.121. The zero-order valence-electron chi connectivity index (χ0n) is 15.4. The number of carbonyl (C=O) groups excluding carboxylic acids is 1. The number of aryl methyl sites for hydroxylation is 2. The summed E-state index contributed by atoms with van der Waals surface area (Å²) in [7, 11) is 0. The van der Waals surface area contributed by atoms with Crippen molar-refractivity contribution in [3.05, 3.63) is 70.2 Å². The summed E-state index contributed by atoms with van der Waals surface area (Å²) in [4.78, 5) is 17.2. The topological polar surface area (TPSA) is 68.0 Å². The molecule has 0 bridgehead atoms. The third kappa shape index (κ3) is 4.03. The maximum atomic E-state index is 12.6. The van der Waals surface area contributed by atoms with Gasteiger partial charge < -0.3 is 11.1 Å². The zero-order valence-corrected chi connectivity index (χ0v) is 16.2. The number of benzene rings is 2. The molecule has 1 heterocycles. The smallest absolute Gasteiger partial charge is 0.226 e. The minimum Gasteiger partial charge on any atom is -0.399 e. The number of aromatic nitrogens is 1. The molecule has 5 heteroatoms. The lowest BCUT2D eigenvalue weighted by Gasteiger charge is -2.26. The van der Waals surface area contributed by atoms with Crippen LogP contribution in [-0.4, -0.2) is 10.9 Å². The lowest BCUT2D eigenvalue weighted by atomic mass is 9.87. The minimum absolute atomic E-state index is 0.0189. The average Bonchev–Trinajstić information content (AvgIpc) is 3.10. The molecule has 2 aromatic carbocycles. The normalized spacial score (nSPS) is 16.0. The summed E-state index contributed by atoms with van der Waals surface area (Å²) in [6, 6.07) is 14.4. The van der Waals surface area contributed by atoms with Gasteiger partial charge >= 0.3 is 0 Å². The highest BCUT2D eigenvalue weighted by molar-refractivity contribution is 7.13. The molecule has 3 aromatic rings. The number of nitrogens with zero attached hydrogens (tertiary/aromatic N) is 1. The largest absolute Gasteiger partial charge is 0.399 e. The molecule has 0 spiro atoms. The molecule has 3 N–H and O–H groups in total. The molecule has 0 fully saturated rings. The molecule has 1 atom stereocenters. The third-order valence-electron chi connectivity index (χ3n) is 5.01. The lowest BCUT2D eigenvalue weighted by Crippen LogP contribution is -2.32. The van der Waals surface area contributed by atoms with Gasteiger partial charge in [0.2, 0.25) is 5.91 Å². The molecule has 1 aliphatic carbocycles. The van der Waals surface area contributed by atoms with E-state index in [1.165, 1.54) is 16.7 Å². The summed E-state index contributed by atoms with van der Waals surface area (Å²) < 4.78 is 0. The molecule has 0 aliphatic heterocycles. The molecule has 1 aromatic heterocycles. The van der Waals surface area contributed by atoms with Crippen molar-refractivity contribution in [2.75, 3.05) is 5.73 Å². The van der Waals surface area contributed by atoms with Gasteiger partial charge in [0.15, 0.2) is 0 Å². The molecule has 1 unspecified atom stereocenters. The molecule has 4 nitrogen and oxygen atoms in total. The van der Waals surface area contributed by atoms with Crippen molar-refractivity contribution in [2.24, 2.45) is 0 Å². The second-order valence-electron chi connectivity index (χ2n) is 7.16. The molecule has 1 amide bonds. The van der Waals surface area contributed by atoms with E-state index >= 15 is 0 Å². The van der Waals surface area contributed by atoms with Crippen LogP contribution in [0.5, 0.6) is 0 Å². The van der Waals surface area contributed by atoms with Gasteiger partial charge in [0.1, 0.15) is 5.01 Å². The number of nitrogens with one attached hydrogen (secondary N) is 1. The van der Waals surface area contributed by atoms with E-state index in [-0.39, 0.29) is 11.9 Å². The van der Waals surface area contributed by atoms with Crippen LogP contribution in [0, 0.1) is 6.92 Å². The van der Waals surface area contributed by atoms with E-state index in [1.54, 1.807) is 11.3 Å². The van der Waals surface area contributed by atoms with Crippen LogP contribution in [0.4, 0.5) is 5.69 Å². The SMILES string of the molecule is Cc1ccc(-c2nc(CC(=O)NC3CCCc4cc(N)ccc43)cs2)cc1. The first kappa shape index (κ1) is 17.7. The molecule has 27 heavy (non-hydrogen) atoms. The van der Waals surface area contributed by atoms with E-state index < -0.39 is 0 Å². The Labute approximate surface area is 163 Å². The van der Waals surface area contributed by atoms with E-state index in [4.69, 9.17) is 5.73 Å². The van der Waals surface area contributed by atoms with E-state index in [0.29, 0.717) is 6.42 Å². The number of fused-ring (bicyclic) bond motifs is 1. The summed E-state index contributed by atoms with van der Waals surface area (Å²) in [5, 5.41) is 6.12. The van der Waals surface area contributed by atoms with Crippen molar-refractivity contribution < 1.29 is 4.79 Å². The van der Waals surface area contributed by atoms with Gasteiger partial charge in [0.05, 0.1) is 18.2 Å². The van der Waals surface area contributed by atoms with Crippen molar-refractivity contribution in [3.8, 4) is 10.6 Å². The van der Waals surface area contributed by atoms with Crippen LogP contribution in [0.15, 0.2) is 47.8 Å². The Morgan fingerprint density at radius 2 is 2.07 bits per heavy atom. The Kier molecular flexibility index (Phi) is 4.94. The number of nitrogens with two attached hydrogens (primary N) is 1. The van der Waals surface area contributed by atoms with Gasteiger partial charge in [-0.25, -0.2) is 4.98 Å². The summed E-state index contributed by atoms with van der Waals surface area (Å²) in [6.45, 7) is 2.07. The molecule has 138 valence electrons. The Morgan fingerprint density at radius 3 is 2.89 bits per heavy atom. The van der Waals surface area contributed by atoms with Gasteiger partial charge in [-0.3, -0.25) is 4.79 Å². The quantitative estimate of drug-likeness (QED) is 0.661. The standard InChI is InChI=1S/C22H23N3OS/c1-14-5-7-15(8-6-14)22-24-18(13-27-22)12-21(26)25-20-4-2-3-16-11-17(23)9-10-19(16)20/h5-11,13,20H,2-4,12,23H2,1H3,(H,25,26). The number of hydrogen-bond donors (Lipinski definition) is 2. The van der Waals surface area contributed by atoms with Crippen molar-refractivity contribution in [1.82, 2.24) is 10.3 Å². The molecular weight excluding hydrogens is 354 g/mol. The highest BCUT2D eigenvalue weighted by atomic mass is 32.1. The summed E-state index contributed by atoms with van der Waals surface area (Å²) in [5.74, 6) is 0.0189. The van der Waals surface area contributed by atoms with Gasteiger partial charge in [-0.2, -0.15) is 0 Å². The van der Waals surface area contributed by atoms with Crippen LogP contribution < -0.4 is 11.1 Å². The number of rotatable bonds is 4. The van der Waals surface area contributed by atoms with Crippen LogP contribution in [0.2, 0.25) is 0 Å². The van der Waals surface area contributed by atoms with Crippen molar-refractivity contribution in [1.29, 1.82) is 0 Å². The second-order valence-corrected chi connectivity index (χ2v) is 8.02. The van der Waals surface area contributed by atoms with Crippen LogP contribution in [-0.2, 0) is 17.6 Å². The predicted octanol–water partition coefficient (Wildman–Crippen LogP) is 4.44. The van der Waals surface area contributed by atoms with Crippen LogP contribution in [0.1, 0.15) is 41.3 Å². The first-order chi connectivity index (χ1) is 13.1. The molecule has 0 saturated heterocycles. The highest BCUT2D eigenvalue weighted by Gasteiger charge is 2.22. The van der Waals surface area contributed by atoms with E-state index in [1.807, 2.05) is 23.6 Å². The van der Waals surface area contributed by atoms with Gasteiger partial charge in [0, 0.05) is 16.6 Å². The fraction of sp³-hybridized carbons (Fsp3) is 0.273. The fourth-order valence-electron chi connectivity index (χ4n) is 3.61. The Bertz CT molecular complexity index is 962. The number of carbonyl (C=O) groups is 1. The number of amides is 1. The third-order valence-corrected chi connectivity index (χ3v) is 5.95. The van der Waals surface area contributed by atoms with Crippen LogP contribution in [0.3, 0.4) is 0 Å².